The van der Waals surface area contributed by atoms with Crippen LogP contribution in [0.15, 0.2) is 72.1 Å². The van der Waals surface area contributed by atoms with E-state index in [9.17, 15) is 0 Å². The summed E-state index contributed by atoms with van der Waals surface area (Å²) in [6, 6.07) is 24.0. The first-order valence-electron chi connectivity index (χ1n) is 7.77. The average molecular weight is 305 g/mol. The summed E-state index contributed by atoms with van der Waals surface area (Å²) in [5, 5.41) is 2.24. The summed E-state index contributed by atoms with van der Waals surface area (Å²) in [5.41, 5.74) is 4.33. The van der Waals surface area contributed by atoms with Crippen LogP contribution in [-0.2, 0) is 13.1 Å². The molecule has 0 amide bonds. The maximum atomic E-state index is 2.57. The van der Waals surface area contributed by atoms with Gasteiger partial charge in [-0.3, -0.25) is 4.90 Å². The van der Waals surface area contributed by atoms with Crippen LogP contribution in [0, 0.1) is 0 Å². The Hall–Kier alpha value is -1.90. The Morgan fingerprint density at radius 3 is 2.41 bits per heavy atom. The second-order valence-electron chi connectivity index (χ2n) is 5.93. The lowest BCUT2D eigenvalue weighted by molar-refractivity contribution is 0.234. The van der Waals surface area contributed by atoms with Crippen LogP contribution in [0.4, 0.5) is 0 Å². The van der Waals surface area contributed by atoms with Crippen molar-refractivity contribution in [2.75, 3.05) is 6.54 Å². The molecule has 1 atom stereocenters. The first-order valence-corrected chi connectivity index (χ1v) is 8.65. The predicted molar refractivity (Wildman–Crippen MR) is 93.2 cm³/mol. The molecule has 1 aromatic heterocycles. The van der Waals surface area contributed by atoms with Crippen LogP contribution in [0.25, 0.3) is 0 Å². The molecule has 1 unspecified atom stereocenters. The molecule has 4 rings (SSSR count). The first kappa shape index (κ1) is 13.7. The van der Waals surface area contributed by atoms with Gasteiger partial charge < -0.3 is 0 Å². The Morgan fingerprint density at radius 1 is 0.909 bits per heavy atom. The molecule has 1 aliphatic rings. The van der Waals surface area contributed by atoms with Gasteiger partial charge in [0.1, 0.15) is 0 Å². The highest BCUT2D eigenvalue weighted by atomic mass is 32.1. The smallest absolute Gasteiger partial charge is 0.0314 e. The number of rotatable bonds is 3. The molecule has 0 fully saturated rings. The maximum absolute atomic E-state index is 2.57. The molecule has 2 heterocycles. The third kappa shape index (κ3) is 2.72. The highest BCUT2D eigenvalue weighted by Gasteiger charge is 2.27. The van der Waals surface area contributed by atoms with E-state index in [0.29, 0.717) is 5.92 Å². The summed E-state index contributed by atoms with van der Waals surface area (Å²) < 4.78 is 0. The van der Waals surface area contributed by atoms with Crippen molar-refractivity contribution in [1.29, 1.82) is 0 Å². The number of fused-ring (bicyclic) bond motifs is 1. The van der Waals surface area contributed by atoms with Crippen molar-refractivity contribution in [2.24, 2.45) is 0 Å². The Morgan fingerprint density at radius 2 is 1.64 bits per heavy atom. The minimum atomic E-state index is 0.508. The van der Waals surface area contributed by atoms with Crippen molar-refractivity contribution in [3.63, 3.8) is 0 Å². The number of hydrogen-bond acceptors (Lipinski definition) is 2. The zero-order valence-electron chi connectivity index (χ0n) is 12.5. The average Bonchev–Trinajstić information content (AvgIpc) is 3.04. The molecule has 110 valence electrons. The lowest BCUT2D eigenvalue weighted by atomic mass is 9.91. The van der Waals surface area contributed by atoms with Crippen molar-refractivity contribution in [2.45, 2.75) is 19.0 Å². The fraction of sp³-hybridized carbons (Fsp3) is 0.200. The standard InChI is InChI=1S/C20H19NS/c1-3-7-16(8-4-1)13-21-14-18-11-12-22-20(18)19(15-21)17-9-5-2-6-10-17/h1-12,19H,13-15H2. The van der Waals surface area contributed by atoms with Crippen LogP contribution in [-0.4, -0.2) is 11.4 Å². The summed E-state index contributed by atoms with van der Waals surface area (Å²) in [6.07, 6.45) is 0. The zero-order chi connectivity index (χ0) is 14.8. The van der Waals surface area contributed by atoms with Crippen LogP contribution >= 0.6 is 11.3 Å². The highest BCUT2D eigenvalue weighted by molar-refractivity contribution is 7.10. The molecule has 0 aliphatic carbocycles. The van der Waals surface area contributed by atoms with Crippen molar-refractivity contribution >= 4 is 11.3 Å². The van der Waals surface area contributed by atoms with Gasteiger partial charge in [0.05, 0.1) is 0 Å². The zero-order valence-corrected chi connectivity index (χ0v) is 13.3. The molecule has 0 saturated heterocycles. The highest BCUT2D eigenvalue weighted by Crippen LogP contribution is 2.37. The van der Waals surface area contributed by atoms with E-state index in [4.69, 9.17) is 0 Å². The van der Waals surface area contributed by atoms with E-state index in [1.807, 2.05) is 11.3 Å². The Bertz CT molecular complexity index is 733. The van der Waals surface area contributed by atoms with Gasteiger partial charge >= 0.3 is 0 Å². The maximum Gasteiger partial charge on any atom is 0.0314 e. The van der Waals surface area contributed by atoms with E-state index >= 15 is 0 Å². The van der Waals surface area contributed by atoms with Crippen molar-refractivity contribution in [1.82, 2.24) is 4.90 Å². The lowest BCUT2D eigenvalue weighted by Gasteiger charge is -2.33. The van der Waals surface area contributed by atoms with Gasteiger partial charge in [0.15, 0.2) is 0 Å². The second kappa shape index (κ2) is 6.07. The third-order valence-corrected chi connectivity index (χ3v) is 5.46. The third-order valence-electron chi connectivity index (χ3n) is 4.38. The van der Waals surface area contributed by atoms with Gasteiger partial charge in [0, 0.05) is 30.4 Å². The van der Waals surface area contributed by atoms with Gasteiger partial charge in [-0.1, -0.05) is 60.7 Å². The van der Waals surface area contributed by atoms with E-state index < -0.39 is 0 Å². The van der Waals surface area contributed by atoms with E-state index in [1.54, 1.807) is 4.88 Å². The molecule has 22 heavy (non-hydrogen) atoms. The van der Waals surface area contributed by atoms with E-state index in [1.165, 1.54) is 16.7 Å². The van der Waals surface area contributed by atoms with Crippen molar-refractivity contribution < 1.29 is 0 Å². The molecular formula is C20H19NS. The quantitative estimate of drug-likeness (QED) is 0.665. The molecule has 0 N–H and O–H groups in total. The van der Waals surface area contributed by atoms with Gasteiger partial charge in [-0.15, -0.1) is 11.3 Å². The molecule has 0 radical (unpaired) electrons. The number of hydrogen-bond donors (Lipinski definition) is 0. The van der Waals surface area contributed by atoms with Gasteiger partial charge in [-0.2, -0.15) is 0 Å². The summed E-state index contributed by atoms with van der Waals surface area (Å²) in [7, 11) is 0. The Balaban J connectivity index is 1.63. The van der Waals surface area contributed by atoms with Crippen molar-refractivity contribution in [3.8, 4) is 0 Å². The topological polar surface area (TPSA) is 3.24 Å². The molecule has 0 saturated carbocycles. The van der Waals surface area contributed by atoms with Crippen molar-refractivity contribution in [3.05, 3.63) is 93.7 Å². The number of thiophene rings is 1. The van der Waals surface area contributed by atoms with Gasteiger partial charge in [-0.05, 0) is 28.1 Å². The van der Waals surface area contributed by atoms with Gasteiger partial charge in [0.2, 0.25) is 0 Å². The molecule has 0 bridgehead atoms. The fourth-order valence-corrected chi connectivity index (χ4v) is 4.37. The summed E-state index contributed by atoms with van der Waals surface area (Å²) in [5.74, 6) is 0.508. The molecule has 1 nitrogen and oxygen atoms in total. The summed E-state index contributed by atoms with van der Waals surface area (Å²) in [6.45, 7) is 3.20. The predicted octanol–water partition coefficient (Wildman–Crippen LogP) is 4.90. The molecular weight excluding hydrogens is 286 g/mol. The van der Waals surface area contributed by atoms with Crippen LogP contribution in [0.3, 0.4) is 0 Å². The van der Waals surface area contributed by atoms with Crippen LogP contribution in [0.5, 0.6) is 0 Å². The summed E-state index contributed by atoms with van der Waals surface area (Å²) in [4.78, 5) is 4.12. The largest absolute Gasteiger partial charge is 0.294 e. The second-order valence-corrected chi connectivity index (χ2v) is 6.88. The monoisotopic (exact) mass is 305 g/mol. The lowest BCUT2D eigenvalue weighted by Crippen LogP contribution is -2.32. The van der Waals surface area contributed by atoms with Crippen LogP contribution < -0.4 is 0 Å². The van der Waals surface area contributed by atoms with Gasteiger partial charge in [0.25, 0.3) is 0 Å². The molecule has 0 spiro atoms. The molecule has 2 aromatic carbocycles. The van der Waals surface area contributed by atoms with Gasteiger partial charge in [-0.25, -0.2) is 0 Å². The normalized spacial score (nSPS) is 18.1. The minimum Gasteiger partial charge on any atom is -0.294 e. The van der Waals surface area contributed by atoms with E-state index in [-0.39, 0.29) is 0 Å². The van der Waals surface area contributed by atoms with Crippen LogP contribution in [0.2, 0.25) is 0 Å². The number of nitrogens with zero attached hydrogens (tertiary/aromatic N) is 1. The summed E-state index contributed by atoms with van der Waals surface area (Å²) >= 11 is 1.91. The first-order chi connectivity index (χ1) is 10.9. The Kier molecular flexibility index (Phi) is 3.79. The number of benzene rings is 2. The molecule has 2 heteroatoms. The van der Waals surface area contributed by atoms with Crippen LogP contribution in [0.1, 0.15) is 27.5 Å². The SMILES string of the molecule is c1ccc(CN2Cc3ccsc3C(c3ccccc3)C2)cc1. The molecule has 3 aromatic rings. The minimum absolute atomic E-state index is 0.508. The van der Waals surface area contributed by atoms with E-state index in [2.05, 4.69) is 77.0 Å². The fourth-order valence-electron chi connectivity index (χ4n) is 3.33. The Labute approximate surface area is 135 Å². The van der Waals surface area contributed by atoms with E-state index in [0.717, 1.165) is 19.6 Å². The molecule has 1 aliphatic heterocycles.